The molecule has 0 aliphatic rings. The molecule has 0 saturated heterocycles. The molecule has 0 aliphatic carbocycles. The fourth-order valence-electron chi connectivity index (χ4n) is 2.20. The molecule has 102 valence electrons. The van der Waals surface area contributed by atoms with Crippen molar-refractivity contribution >= 4 is 11.3 Å². The number of ether oxygens (including phenoxy) is 1. The van der Waals surface area contributed by atoms with Crippen LogP contribution in [0, 0.1) is 6.92 Å². The van der Waals surface area contributed by atoms with Crippen molar-refractivity contribution < 1.29 is 4.74 Å². The summed E-state index contributed by atoms with van der Waals surface area (Å²) in [5, 5.41) is 3.57. The lowest BCUT2D eigenvalue weighted by Gasteiger charge is -2.17. The Labute approximate surface area is 119 Å². The van der Waals surface area contributed by atoms with Gasteiger partial charge < -0.3 is 10.1 Å². The molecule has 0 aliphatic heterocycles. The first-order valence-corrected chi connectivity index (χ1v) is 7.47. The third-order valence-corrected chi connectivity index (χ3v) is 4.24. The molecule has 0 saturated carbocycles. The van der Waals surface area contributed by atoms with Crippen LogP contribution in [-0.2, 0) is 6.42 Å². The zero-order valence-electron chi connectivity index (χ0n) is 11.8. The summed E-state index contributed by atoms with van der Waals surface area (Å²) >= 11 is 1.87. The van der Waals surface area contributed by atoms with Gasteiger partial charge in [0.15, 0.2) is 0 Å². The van der Waals surface area contributed by atoms with E-state index >= 15 is 0 Å². The summed E-state index contributed by atoms with van der Waals surface area (Å²) < 4.78 is 5.29. The molecular weight excluding hydrogens is 254 g/mol. The molecule has 1 atom stereocenters. The minimum absolute atomic E-state index is 0.385. The summed E-state index contributed by atoms with van der Waals surface area (Å²) in [6.07, 6.45) is 0.991. The zero-order valence-corrected chi connectivity index (χ0v) is 12.6. The Hall–Kier alpha value is -1.32. The van der Waals surface area contributed by atoms with Crippen molar-refractivity contribution in [3.63, 3.8) is 0 Å². The number of aryl methyl sites for hydroxylation is 1. The highest BCUT2D eigenvalue weighted by Gasteiger charge is 2.13. The highest BCUT2D eigenvalue weighted by Crippen LogP contribution is 2.26. The Kier molecular flexibility index (Phi) is 5.00. The van der Waals surface area contributed by atoms with E-state index < -0.39 is 0 Å². The topological polar surface area (TPSA) is 21.3 Å². The van der Waals surface area contributed by atoms with Crippen molar-refractivity contribution in [3.05, 3.63) is 51.7 Å². The zero-order chi connectivity index (χ0) is 13.7. The maximum Gasteiger partial charge on any atom is 0.119 e. The van der Waals surface area contributed by atoms with Gasteiger partial charge in [-0.25, -0.2) is 0 Å². The van der Waals surface area contributed by atoms with Crippen molar-refractivity contribution in [3.8, 4) is 5.75 Å². The van der Waals surface area contributed by atoms with E-state index in [0.29, 0.717) is 6.04 Å². The molecule has 2 aromatic rings. The summed E-state index contributed by atoms with van der Waals surface area (Å²) in [7, 11) is 1.71. The molecular formula is C16H21NOS. The first kappa shape index (κ1) is 14.1. The highest BCUT2D eigenvalue weighted by atomic mass is 32.1. The van der Waals surface area contributed by atoms with E-state index in [9.17, 15) is 0 Å². The number of methoxy groups -OCH3 is 1. The van der Waals surface area contributed by atoms with Crippen LogP contribution in [0.4, 0.5) is 0 Å². The van der Waals surface area contributed by atoms with Crippen LogP contribution in [0.25, 0.3) is 0 Å². The van der Waals surface area contributed by atoms with Crippen molar-refractivity contribution in [2.45, 2.75) is 26.3 Å². The maximum atomic E-state index is 5.29. The molecule has 0 amide bonds. The number of thiophene rings is 1. The molecule has 0 spiro atoms. The maximum absolute atomic E-state index is 5.29. The van der Waals surface area contributed by atoms with Gasteiger partial charge in [-0.1, -0.05) is 19.1 Å². The Morgan fingerprint density at radius 3 is 2.74 bits per heavy atom. The van der Waals surface area contributed by atoms with E-state index in [0.717, 1.165) is 18.7 Å². The number of likely N-dealkylation sites (N-methyl/N-ethyl adjacent to an activating group) is 1. The lowest BCUT2D eigenvalue weighted by molar-refractivity contribution is 0.414. The van der Waals surface area contributed by atoms with Crippen LogP contribution in [0.2, 0.25) is 0 Å². The number of rotatable bonds is 6. The van der Waals surface area contributed by atoms with Crippen LogP contribution >= 0.6 is 11.3 Å². The molecule has 2 nitrogen and oxygen atoms in total. The third kappa shape index (κ3) is 3.82. The normalized spacial score (nSPS) is 12.4. The minimum atomic E-state index is 0.385. The lowest BCUT2D eigenvalue weighted by atomic mass is 10.0. The van der Waals surface area contributed by atoms with Crippen LogP contribution in [0.5, 0.6) is 5.75 Å². The van der Waals surface area contributed by atoms with Crippen molar-refractivity contribution in [2.24, 2.45) is 0 Å². The standard InChI is InChI=1S/C16H21NOS/c1-4-17-15(16-9-8-12(2)19-16)11-13-6-5-7-14(10-13)18-3/h5-10,15,17H,4,11H2,1-3H3. The summed E-state index contributed by atoms with van der Waals surface area (Å²) in [5.74, 6) is 0.926. The van der Waals surface area contributed by atoms with Crippen LogP contribution < -0.4 is 10.1 Å². The first-order chi connectivity index (χ1) is 9.22. The van der Waals surface area contributed by atoms with E-state index in [2.05, 4.69) is 49.5 Å². The van der Waals surface area contributed by atoms with Gasteiger partial charge in [-0.15, -0.1) is 11.3 Å². The van der Waals surface area contributed by atoms with Gasteiger partial charge in [0.1, 0.15) is 5.75 Å². The van der Waals surface area contributed by atoms with Gasteiger partial charge in [0, 0.05) is 15.8 Å². The van der Waals surface area contributed by atoms with Crippen LogP contribution in [0.15, 0.2) is 36.4 Å². The van der Waals surface area contributed by atoms with E-state index in [-0.39, 0.29) is 0 Å². The largest absolute Gasteiger partial charge is 0.497 e. The Morgan fingerprint density at radius 1 is 1.26 bits per heavy atom. The third-order valence-electron chi connectivity index (χ3n) is 3.13. The van der Waals surface area contributed by atoms with Gasteiger partial charge in [-0.3, -0.25) is 0 Å². The van der Waals surface area contributed by atoms with Gasteiger partial charge in [-0.05, 0) is 49.7 Å². The molecule has 19 heavy (non-hydrogen) atoms. The smallest absolute Gasteiger partial charge is 0.119 e. The van der Waals surface area contributed by atoms with E-state index in [4.69, 9.17) is 4.74 Å². The SMILES string of the molecule is CCNC(Cc1cccc(OC)c1)c1ccc(C)s1. The van der Waals surface area contributed by atoms with Crippen molar-refractivity contribution in [1.29, 1.82) is 0 Å². The Morgan fingerprint density at radius 2 is 2.11 bits per heavy atom. The predicted octanol–water partition coefficient (Wildman–Crippen LogP) is 3.96. The van der Waals surface area contributed by atoms with Crippen LogP contribution in [0.1, 0.15) is 28.3 Å². The molecule has 1 heterocycles. The van der Waals surface area contributed by atoms with Gasteiger partial charge in [0.25, 0.3) is 0 Å². The number of hydrogen-bond acceptors (Lipinski definition) is 3. The highest BCUT2D eigenvalue weighted by molar-refractivity contribution is 7.12. The Bertz CT molecular complexity index is 521. The number of hydrogen-bond donors (Lipinski definition) is 1. The van der Waals surface area contributed by atoms with E-state index in [1.807, 2.05) is 17.4 Å². The molecule has 0 bridgehead atoms. The van der Waals surface area contributed by atoms with Crippen LogP contribution in [0.3, 0.4) is 0 Å². The Balaban J connectivity index is 2.16. The van der Waals surface area contributed by atoms with E-state index in [1.54, 1.807) is 7.11 Å². The predicted molar refractivity (Wildman–Crippen MR) is 82.2 cm³/mol. The second-order valence-corrected chi connectivity index (χ2v) is 5.93. The second-order valence-electron chi connectivity index (χ2n) is 4.61. The summed E-state index contributed by atoms with van der Waals surface area (Å²) in [4.78, 5) is 2.77. The van der Waals surface area contributed by atoms with Crippen molar-refractivity contribution in [2.75, 3.05) is 13.7 Å². The quantitative estimate of drug-likeness (QED) is 0.861. The van der Waals surface area contributed by atoms with Gasteiger partial charge in [0.2, 0.25) is 0 Å². The molecule has 0 fully saturated rings. The molecule has 0 radical (unpaired) electrons. The molecule has 1 N–H and O–H groups in total. The molecule has 1 aromatic carbocycles. The van der Waals surface area contributed by atoms with Crippen molar-refractivity contribution in [1.82, 2.24) is 5.32 Å². The summed E-state index contributed by atoms with van der Waals surface area (Å²) in [6, 6.07) is 13.1. The molecule has 1 aromatic heterocycles. The fraction of sp³-hybridized carbons (Fsp3) is 0.375. The van der Waals surface area contributed by atoms with Crippen LogP contribution in [-0.4, -0.2) is 13.7 Å². The van der Waals surface area contributed by atoms with E-state index in [1.165, 1.54) is 15.3 Å². The monoisotopic (exact) mass is 275 g/mol. The number of benzene rings is 1. The average Bonchev–Trinajstić information content (AvgIpc) is 2.85. The van der Waals surface area contributed by atoms with Gasteiger partial charge >= 0.3 is 0 Å². The molecule has 2 rings (SSSR count). The summed E-state index contributed by atoms with van der Waals surface area (Å²) in [6.45, 7) is 5.29. The second kappa shape index (κ2) is 6.73. The first-order valence-electron chi connectivity index (χ1n) is 6.65. The number of nitrogens with one attached hydrogen (secondary N) is 1. The summed E-state index contributed by atoms with van der Waals surface area (Å²) in [5.41, 5.74) is 1.30. The molecule has 1 unspecified atom stereocenters. The minimum Gasteiger partial charge on any atom is -0.497 e. The average molecular weight is 275 g/mol. The van der Waals surface area contributed by atoms with Gasteiger partial charge in [0.05, 0.1) is 7.11 Å². The lowest BCUT2D eigenvalue weighted by Crippen LogP contribution is -2.22. The van der Waals surface area contributed by atoms with Gasteiger partial charge in [-0.2, -0.15) is 0 Å². The fourth-order valence-corrected chi connectivity index (χ4v) is 3.15. The molecule has 3 heteroatoms.